The molecule has 0 fully saturated rings. The molecule has 2 aromatic rings. The number of ether oxygens (including phenoxy) is 1. The molecule has 0 aliphatic rings. The van der Waals surface area contributed by atoms with Crippen molar-refractivity contribution in [1.29, 1.82) is 0 Å². The molecule has 0 unspecified atom stereocenters. The van der Waals surface area contributed by atoms with Gasteiger partial charge < -0.3 is 10.1 Å². The zero-order valence-electron chi connectivity index (χ0n) is 11.8. The molecule has 0 aliphatic heterocycles. The molecule has 1 N–H and O–H groups in total. The van der Waals surface area contributed by atoms with Gasteiger partial charge in [0, 0.05) is 11.1 Å². The fourth-order valence-corrected chi connectivity index (χ4v) is 2.49. The second kappa shape index (κ2) is 6.35. The van der Waals surface area contributed by atoms with Crippen molar-refractivity contribution in [3.05, 3.63) is 40.9 Å². The van der Waals surface area contributed by atoms with Gasteiger partial charge in [-0.25, -0.2) is 4.98 Å². The molecule has 1 aromatic heterocycles. The van der Waals surface area contributed by atoms with Crippen LogP contribution in [0.2, 0.25) is 0 Å². The number of nitrogens with zero attached hydrogens (tertiary/aromatic N) is 1. The number of aromatic nitrogens is 1. The van der Waals surface area contributed by atoms with E-state index in [1.54, 1.807) is 31.2 Å². The molecule has 118 valence electrons. The molecule has 2 rings (SSSR count). The average Bonchev–Trinajstić information content (AvgIpc) is 2.95. The van der Waals surface area contributed by atoms with Crippen molar-refractivity contribution in [2.45, 2.75) is 19.0 Å². The van der Waals surface area contributed by atoms with Gasteiger partial charge in [0.15, 0.2) is 10.8 Å². The van der Waals surface area contributed by atoms with E-state index in [2.05, 4.69) is 15.0 Å². The number of esters is 1. The summed E-state index contributed by atoms with van der Waals surface area (Å²) in [5.74, 6) is -0.758. The topological polar surface area (TPSA) is 51.2 Å². The van der Waals surface area contributed by atoms with Crippen LogP contribution < -0.4 is 5.32 Å². The van der Waals surface area contributed by atoms with Crippen molar-refractivity contribution in [3.63, 3.8) is 0 Å². The number of methoxy groups -OCH3 is 1. The number of alkyl halides is 3. The molecule has 8 heteroatoms. The van der Waals surface area contributed by atoms with Crippen LogP contribution in [0.4, 0.5) is 24.0 Å². The van der Waals surface area contributed by atoms with Crippen LogP contribution >= 0.6 is 11.3 Å². The van der Waals surface area contributed by atoms with Crippen molar-refractivity contribution in [1.82, 2.24) is 4.98 Å². The summed E-state index contributed by atoms with van der Waals surface area (Å²) in [4.78, 5) is 14.9. The van der Waals surface area contributed by atoms with E-state index in [1.807, 2.05) is 0 Å². The van der Waals surface area contributed by atoms with Gasteiger partial charge >= 0.3 is 12.1 Å². The van der Waals surface area contributed by atoms with Gasteiger partial charge in [-0.3, -0.25) is 4.79 Å². The minimum atomic E-state index is -4.45. The summed E-state index contributed by atoms with van der Waals surface area (Å²) in [7, 11) is 1.31. The Balaban J connectivity index is 2.08. The van der Waals surface area contributed by atoms with Crippen LogP contribution in [0.3, 0.4) is 0 Å². The third-order valence-electron chi connectivity index (χ3n) is 3.01. The van der Waals surface area contributed by atoms with Gasteiger partial charge in [-0.2, -0.15) is 13.2 Å². The Bertz CT molecular complexity index is 653. The largest absolute Gasteiger partial charge is 0.469 e. The maximum Gasteiger partial charge on any atom is 0.434 e. The van der Waals surface area contributed by atoms with E-state index in [4.69, 9.17) is 0 Å². The van der Waals surface area contributed by atoms with E-state index in [9.17, 15) is 18.0 Å². The number of hydrogen-bond donors (Lipinski definition) is 1. The SMILES string of the molecule is COC(=O)[C@@H](C)c1ccc(Nc2nc(C(F)(F)F)cs2)cc1. The summed E-state index contributed by atoms with van der Waals surface area (Å²) in [6.45, 7) is 1.71. The predicted molar refractivity (Wildman–Crippen MR) is 77.3 cm³/mol. The number of thiazole rings is 1. The van der Waals surface area contributed by atoms with E-state index in [0.717, 1.165) is 22.3 Å². The molecule has 0 aliphatic carbocycles. The van der Waals surface area contributed by atoms with E-state index in [0.29, 0.717) is 5.69 Å². The normalized spacial score (nSPS) is 12.8. The van der Waals surface area contributed by atoms with Crippen LogP contribution in [0.25, 0.3) is 0 Å². The van der Waals surface area contributed by atoms with Crippen LogP contribution in [-0.4, -0.2) is 18.1 Å². The molecule has 1 heterocycles. The van der Waals surface area contributed by atoms with Gasteiger partial charge in [-0.05, 0) is 24.6 Å². The highest BCUT2D eigenvalue weighted by atomic mass is 32.1. The van der Waals surface area contributed by atoms with Gasteiger partial charge in [0.05, 0.1) is 13.0 Å². The number of hydrogen-bond acceptors (Lipinski definition) is 5. The van der Waals surface area contributed by atoms with E-state index >= 15 is 0 Å². The van der Waals surface area contributed by atoms with Crippen LogP contribution in [0.1, 0.15) is 24.1 Å². The maximum atomic E-state index is 12.5. The van der Waals surface area contributed by atoms with Crippen LogP contribution in [0.15, 0.2) is 29.6 Å². The molecule has 0 bridgehead atoms. The lowest BCUT2D eigenvalue weighted by molar-refractivity contribution is -0.142. The summed E-state index contributed by atoms with van der Waals surface area (Å²) >= 11 is 0.874. The van der Waals surface area contributed by atoms with Crippen molar-refractivity contribution in [2.24, 2.45) is 0 Å². The van der Waals surface area contributed by atoms with E-state index < -0.39 is 17.8 Å². The minimum Gasteiger partial charge on any atom is -0.469 e. The number of benzene rings is 1. The van der Waals surface area contributed by atoms with Gasteiger partial charge in [-0.1, -0.05) is 12.1 Å². The maximum absolute atomic E-state index is 12.5. The van der Waals surface area contributed by atoms with E-state index in [-0.39, 0.29) is 11.1 Å². The number of anilines is 2. The Morgan fingerprint density at radius 3 is 2.45 bits per heavy atom. The first-order valence-corrected chi connectivity index (χ1v) is 7.16. The fraction of sp³-hybridized carbons (Fsp3) is 0.286. The fourth-order valence-electron chi connectivity index (χ4n) is 1.75. The van der Waals surface area contributed by atoms with E-state index in [1.165, 1.54) is 7.11 Å². The summed E-state index contributed by atoms with van der Waals surface area (Å²) in [5, 5.41) is 3.91. The molecule has 1 atom stereocenters. The highest BCUT2D eigenvalue weighted by molar-refractivity contribution is 7.13. The molecule has 22 heavy (non-hydrogen) atoms. The minimum absolute atomic E-state index is 0.154. The van der Waals surface area contributed by atoms with Gasteiger partial charge in [0.2, 0.25) is 0 Å². The average molecular weight is 330 g/mol. The lowest BCUT2D eigenvalue weighted by Crippen LogP contribution is -2.10. The monoisotopic (exact) mass is 330 g/mol. The number of rotatable bonds is 4. The standard InChI is InChI=1S/C14H13F3N2O2S/c1-8(12(20)21-2)9-3-5-10(6-4-9)18-13-19-11(7-22-13)14(15,16)17/h3-8H,1-2H3,(H,18,19)/t8-/m0/s1. The van der Waals surface area contributed by atoms with Crippen LogP contribution in [0.5, 0.6) is 0 Å². The Hall–Kier alpha value is -2.09. The summed E-state index contributed by atoms with van der Waals surface area (Å²) in [6, 6.07) is 6.76. The van der Waals surface area contributed by atoms with Crippen LogP contribution in [-0.2, 0) is 15.7 Å². The predicted octanol–water partition coefficient (Wildman–Crippen LogP) is 4.18. The zero-order chi connectivity index (χ0) is 16.3. The van der Waals surface area contributed by atoms with Crippen molar-refractivity contribution >= 4 is 28.1 Å². The van der Waals surface area contributed by atoms with Gasteiger partial charge in [0.1, 0.15) is 0 Å². The first-order chi connectivity index (χ1) is 10.3. The Morgan fingerprint density at radius 1 is 1.32 bits per heavy atom. The lowest BCUT2D eigenvalue weighted by Gasteiger charge is -2.10. The number of carbonyl (C=O) groups excluding carboxylic acids is 1. The summed E-state index contributed by atoms with van der Waals surface area (Å²) < 4.78 is 42.0. The highest BCUT2D eigenvalue weighted by Gasteiger charge is 2.33. The molecule has 1 aromatic carbocycles. The first-order valence-electron chi connectivity index (χ1n) is 6.29. The van der Waals surface area contributed by atoms with Crippen molar-refractivity contribution in [2.75, 3.05) is 12.4 Å². The van der Waals surface area contributed by atoms with Crippen LogP contribution in [0, 0.1) is 0 Å². The molecule has 0 radical (unpaired) electrons. The van der Waals surface area contributed by atoms with Crippen molar-refractivity contribution in [3.8, 4) is 0 Å². The summed E-state index contributed by atoms with van der Waals surface area (Å²) in [5.41, 5.74) is 0.423. The molecule has 4 nitrogen and oxygen atoms in total. The number of nitrogens with one attached hydrogen (secondary N) is 1. The number of carbonyl (C=O) groups is 1. The Morgan fingerprint density at radius 2 is 1.95 bits per heavy atom. The second-order valence-electron chi connectivity index (χ2n) is 4.53. The zero-order valence-corrected chi connectivity index (χ0v) is 12.6. The quantitative estimate of drug-likeness (QED) is 0.855. The third kappa shape index (κ3) is 3.76. The Labute approximate surface area is 128 Å². The Kier molecular flexibility index (Phi) is 4.70. The second-order valence-corrected chi connectivity index (χ2v) is 5.39. The molecule has 0 amide bonds. The van der Waals surface area contributed by atoms with Gasteiger partial charge in [0.25, 0.3) is 0 Å². The third-order valence-corrected chi connectivity index (χ3v) is 3.77. The first kappa shape index (κ1) is 16.3. The van der Waals surface area contributed by atoms with Crippen molar-refractivity contribution < 1.29 is 22.7 Å². The molecule has 0 spiro atoms. The lowest BCUT2D eigenvalue weighted by atomic mass is 10.0. The highest BCUT2D eigenvalue weighted by Crippen LogP contribution is 2.32. The molecule has 0 saturated carbocycles. The molecular weight excluding hydrogens is 317 g/mol. The number of halogens is 3. The molecular formula is C14H13F3N2O2S. The smallest absolute Gasteiger partial charge is 0.434 e. The molecule has 0 saturated heterocycles. The summed E-state index contributed by atoms with van der Waals surface area (Å²) in [6.07, 6.45) is -4.45. The van der Waals surface area contributed by atoms with Gasteiger partial charge in [-0.15, -0.1) is 11.3 Å².